The van der Waals surface area contributed by atoms with Crippen LogP contribution in [0.2, 0.25) is 0 Å². The van der Waals surface area contributed by atoms with E-state index in [-0.39, 0.29) is 12.3 Å². The molecule has 1 rings (SSSR count). The van der Waals surface area contributed by atoms with Crippen LogP contribution in [0.1, 0.15) is 15.9 Å². The molecule has 0 spiro atoms. The molecule has 0 fully saturated rings. The van der Waals surface area contributed by atoms with E-state index in [4.69, 9.17) is 10.5 Å². The molecule has 0 aliphatic rings. The predicted octanol–water partition coefficient (Wildman–Crippen LogP) is 1.91. The Morgan fingerprint density at radius 1 is 1.57 bits per heavy atom. The number of halogens is 1. The van der Waals surface area contributed by atoms with E-state index >= 15 is 0 Å². The molecule has 0 saturated carbocycles. The van der Waals surface area contributed by atoms with Crippen molar-refractivity contribution in [3.05, 3.63) is 27.7 Å². The molecule has 0 heterocycles. The van der Waals surface area contributed by atoms with E-state index in [1.807, 2.05) is 13.0 Å². The fourth-order valence-electron chi connectivity index (χ4n) is 1.28. The molecule has 4 heteroatoms. The topological polar surface area (TPSA) is 52.3 Å². The molecule has 0 aromatic heterocycles. The second-order valence-corrected chi connectivity index (χ2v) is 3.73. The van der Waals surface area contributed by atoms with E-state index in [1.54, 1.807) is 6.07 Å². The first-order valence-electron chi connectivity index (χ1n) is 4.18. The van der Waals surface area contributed by atoms with Crippen molar-refractivity contribution in [3.63, 3.8) is 0 Å². The predicted molar refractivity (Wildman–Crippen MR) is 58.8 cm³/mol. The van der Waals surface area contributed by atoms with Crippen LogP contribution in [0.4, 0.5) is 0 Å². The summed E-state index contributed by atoms with van der Waals surface area (Å²) in [6.07, 6.45) is 0. The molecule has 0 unspecified atom stereocenters. The van der Waals surface area contributed by atoms with Crippen molar-refractivity contribution in [1.29, 1.82) is 0 Å². The zero-order chi connectivity index (χ0) is 10.7. The highest BCUT2D eigenvalue weighted by atomic mass is 79.9. The number of nitrogens with two attached hydrogens (primary N) is 1. The Hall–Kier alpha value is -0.870. The maximum Gasteiger partial charge on any atom is 0.180 e. The van der Waals surface area contributed by atoms with Crippen LogP contribution < -0.4 is 10.5 Å². The summed E-state index contributed by atoms with van der Waals surface area (Å²) in [6, 6.07) is 3.60. The number of Topliss-reactive ketones (excluding diaryl/α,β-unsaturated/α-hetero) is 1. The molecular formula is C10H12BrNO2. The number of benzene rings is 1. The van der Waals surface area contributed by atoms with Crippen molar-refractivity contribution in [3.8, 4) is 5.75 Å². The monoisotopic (exact) mass is 257 g/mol. The summed E-state index contributed by atoms with van der Waals surface area (Å²) in [6.45, 7) is 1.85. The van der Waals surface area contributed by atoms with Crippen molar-refractivity contribution < 1.29 is 9.53 Å². The van der Waals surface area contributed by atoms with E-state index in [1.165, 1.54) is 7.11 Å². The Labute approximate surface area is 91.4 Å². The normalized spacial score (nSPS) is 10.0. The van der Waals surface area contributed by atoms with Gasteiger partial charge in [0.25, 0.3) is 0 Å². The van der Waals surface area contributed by atoms with Gasteiger partial charge in [0, 0.05) is 4.47 Å². The summed E-state index contributed by atoms with van der Waals surface area (Å²) in [5, 5.41) is 0. The SMILES string of the molecule is COc1ccc(Br)c(C)c1C(=O)CN. The summed E-state index contributed by atoms with van der Waals surface area (Å²) in [5.74, 6) is 0.460. The highest BCUT2D eigenvalue weighted by molar-refractivity contribution is 9.10. The Bertz CT molecular complexity index is 363. The number of rotatable bonds is 3. The number of carbonyl (C=O) groups excluding carboxylic acids is 1. The van der Waals surface area contributed by atoms with E-state index in [0.717, 1.165) is 10.0 Å². The molecule has 0 aliphatic heterocycles. The lowest BCUT2D eigenvalue weighted by Gasteiger charge is -2.10. The number of hydrogen-bond acceptors (Lipinski definition) is 3. The zero-order valence-corrected chi connectivity index (χ0v) is 9.72. The third-order valence-electron chi connectivity index (χ3n) is 2.04. The van der Waals surface area contributed by atoms with Gasteiger partial charge in [-0.3, -0.25) is 4.79 Å². The molecule has 0 radical (unpaired) electrons. The molecule has 1 aromatic carbocycles. The molecular weight excluding hydrogens is 246 g/mol. The Morgan fingerprint density at radius 3 is 2.71 bits per heavy atom. The van der Waals surface area contributed by atoms with Crippen molar-refractivity contribution in [2.24, 2.45) is 5.73 Å². The van der Waals surface area contributed by atoms with Gasteiger partial charge in [0.05, 0.1) is 19.2 Å². The van der Waals surface area contributed by atoms with E-state index in [2.05, 4.69) is 15.9 Å². The lowest BCUT2D eigenvalue weighted by atomic mass is 10.0. The lowest BCUT2D eigenvalue weighted by molar-refractivity contribution is 0.0998. The van der Waals surface area contributed by atoms with Crippen LogP contribution in [0, 0.1) is 6.92 Å². The number of ether oxygens (including phenoxy) is 1. The summed E-state index contributed by atoms with van der Waals surface area (Å²) < 4.78 is 5.99. The van der Waals surface area contributed by atoms with Crippen LogP contribution in [0.3, 0.4) is 0 Å². The number of methoxy groups -OCH3 is 1. The molecule has 1 aromatic rings. The molecule has 76 valence electrons. The van der Waals surface area contributed by atoms with Crippen LogP contribution in [0.15, 0.2) is 16.6 Å². The van der Waals surface area contributed by atoms with E-state index < -0.39 is 0 Å². The molecule has 0 aliphatic carbocycles. The van der Waals surface area contributed by atoms with Gasteiger partial charge in [0.2, 0.25) is 0 Å². The second-order valence-electron chi connectivity index (χ2n) is 2.88. The average Bonchev–Trinajstić information content (AvgIpc) is 2.20. The first-order chi connectivity index (χ1) is 6.61. The standard InChI is InChI=1S/C10H12BrNO2/c1-6-7(11)3-4-9(14-2)10(6)8(13)5-12/h3-4H,5,12H2,1-2H3. The average molecular weight is 258 g/mol. The molecule has 3 nitrogen and oxygen atoms in total. The third-order valence-corrected chi connectivity index (χ3v) is 2.90. The first-order valence-corrected chi connectivity index (χ1v) is 4.97. The van der Waals surface area contributed by atoms with Crippen LogP contribution in [0.5, 0.6) is 5.75 Å². The zero-order valence-electron chi connectivity index (χ0n) is 8.13. The fourth-order valence-corrected chi connectivity index (χ4v) is 1.61. The minimum absolute atomic E-state index is 0.00630. The third kappa shape index (κ3) is 1.96. The van der Waals surface area contributed by atoms with Gasteiger partial charge in [-0.1, -0.05) is 15.9 Å². The Balaban J connectivity index is 3.35. The molecule has 0 bridgehead atoms. The largest absolute Gasteiger partial charge is 0.496 e. The lowest BCUT2D eigenvalue weighted by Crippen LogP contribution is -2.16. The Kier molecular flexibility index (Phi) is 3.66. The highest BCUT2D eigenvalue weighted by Crippen LogP contribution is 2.28. The molecule has 0 atom stereocenters. The summed E-state index contributed by atoms with van der Waals surface area (Å²) in [5.41, 5.74) is 6.75. The number of ketones is 1. The summed E-state index contributed by atoms with van der Waals surface area (Å²) in [4.78, 5) is 11.5. The van der Waals surface area contributed by atoms with Gasteiger partial charge in [-0.15, -0.1) is 0 Å². The quantitative estimate of drug-likeness (QED) is 0.842. The van der Waals surface area contributed by atoms with Gasteiger partial charge in [0.1, 0.15) is 5.75 Å². The fraction of sp³-hybridized carbons (Fsp3) is 0.300. The minimum atomic E-state index is -0.111. The number of hydrogen-bond donors (Lipinski definition) is 1. The van der Waals surface area contributed by atoms with Crippen LogP contribution in [0.25, 0.3) is 0 Å². The van der Waals surface area contributed by atoms with Crippen LogP contribution >= 0.6 is 15.9 Å². The highest BCUT2D eigenvalue weighted by Gasteiger charge is 2.15. The Morgan fingerprint density at radius 2 is 2.21 bits per heavy atom. The van der Waals surface area contributed by atoms with Gasteiger partial charge in [-0.05, 0) is 24.6 Å². The van der Waals surface area contributed by atoms with Gasteiger partial charge in [0.15, 0.2) is 5.78 Å². The van der Waals surface area contributed by atoms with Gasteiger partial charge in [-0.2, -0.15) is 0 Å². The maximum atomic E-state index is 11.5. The van der Waals surface area contributed by atoms with E-state index in [9.17, 15) is 4.79 Å². The smallest absolute Gasteiger partial charge is 0.180 e. The first kappa shape index (κ1) is 11.2. The maximum absolute atomic E-state index is 11.5. The van der Waals surface area contributed by atoms with Gasteiger partial charge < -0.3 is 10.5 Å². The van der Waals surface area contributed by atoms with Crippen molar-refractivity contribution in [2.75, 3.05) is 13.7 Å². The summed E-state index contributed by atoms with van der Waals surface area (Å²) in [7, 11) is 1.54. The summed E-state index contributed by atoms with van der Waals surface area (Å²) >= 11 is 3.36. The van der Waals surface area contributed by atoms with Crippen molar-refractivity contribution in [2.45, 2.75) is 6.92 Å². The van der Waals surface area contributed by atoms with E-state index in [0.29, 0.717) is 11.3 Å². The van der Waals surface area contributed by atoms with Crippen LogP contribution in [-0.4, -0.2) is 19.4 Å². The minimum Gasteiger partial charge on any atom is -0.496 e. The molecule has 2 N–H and O–H groups in total. The van der Waals surface area contributed by atoms with Gasteiger partial charge in [-0.25, -0.2) is 0 Å². The van der Waals surface area contributed by atoms with Crippen molar-refractivity contribution >= 4 is 21.7 Å². The van der Waals surface area contributed by atoms with Crippen LogP contribution in [-0.2, 0) is 0 Å². The molecule has 0 saturated heterocycles. The van der Waals surface area contributed by atoms with Gasteiger partial charge >= 0.3 is 0 Å². The van der Waals surface area contributed by atoms with Crippen molar-refractivity contribution in [1.82, 2.24) is 0 Å². The second kappa shape index (κ2) is 4.57. The molecule has 0 amide bonds. The number of carbonyl (C=O) groups is 1. The molecule has 14 heavy (non-hydrogen) atoms.